The summed E-state index contributed by atoms with van der Waals surface area (Å²) in [7, 11) is 0. The molecule has 152 valence electrons. The maximum absolute atomic E-state index is 13.7. The van der Waals surface area contributed by atoms with E-state index in [0.717, 1.165) is 12.1 Å². The van der Waals surface area contributed by atoms with E-state index in [1.165, 1.54) is 13.0 Å². The van der Waals surface area contributed by atoms with Gasteiger partial charge in [0.1, 0.15) is 28.7 Å². The highest BCUT2D eigenvalue weighted by Crippen LogP contribution is 2.29. The molecule has 0 fully saturated rings. The van der Waals surface area contributed by atoms with Crippen molar-refractivity contribution in [2.45, 2.75) is 26.9 Å². The van der Waals surface area contributed by atoms with Crippen LogP contribution < -0.4 is 10.1 Å². The number of anilines is 1. The Bertz CT molecular complexity index is 1060. The third kappa shape index (κ3) is 4.21. The number of hydrogen-bond acceptors (Lipinski definition) is 5. The molecule has 0 saturated carbocycles. The molecule has 3 rings (SSSR count). The van der Waals surface area contributed by atoms with Crippen molar-refractivity contribution in [3.63, 3.8) is 0 Å². The molecule has 0 aliphatic carbocycles. The molecule has 1 amide bonds. The second kappa shape index (κ2) is 8.30. The highest BCUT2D eigenvalue weighted by Gasteiger charge is 2.25. The summed E-state index contributed by atoms with van der Waals surface area (Å²) in [6, 6.07) is 8.30. The minimum atomic E-state index is -1.31. The van der Waals surface area contributed by atoms with Crippen molar-refractivity contribution in [2.24, 2.45) is 0 Å². The van der Waals surface area contributed by atoms with E-state index in [0.29, 0.717) is 28.9 Å². The lowest BCUT2D eigenvalue weighted by molar-refractivity contribution is -0.123. The van der Waals surface area contributed by atoms with Gasteiger partial charge in [-0.1, -0.05) is 6.07 Å². The fraction of sp³-hybridized carbons (Fsp3) is 0.238. The number of carbonyl (C=O) groups excluding carboxylic acids is 2. The number of fused-ring (bicyclic) bond motifs is 1. The van der Waals surface area contributed by atoms with Crippen molar-refractivity contribution in [1.82, 2.24) is 0 Å². The van der Waals surface area contributed by atoms with Crippen LogP contribution in [0.25, 0.3) is 11.0 Å². The number of amides is 1. The van der Waals surface area contributed by atoms with Crippen LogP contribution in [0.5, 0.6) is 5.75 Å². The Morgan fingerprint density at radius 3 is 2.52 bits per heavy atom. The average molecular weight is 403 g/mol. The van der Waals surface area contributed by atoms with Crippen molar-refractivity contribution in [1.29, 1.82) is 0 Å². The highest BCUT2D eigenvalue weighted by atomic mass is 19.1. The first-order chi connectivity index (χ1) is 13.8. The molecule has 1 N–H and O–H groups in total. The molecule has 0 saturated heterocycles. The van der Waals surface area contributed by atoms with Gasteiger partial charge in [-0.25, -0.2) is 13.6 Å². The zero-order valence-corrected chi connectivity index (χ0v) is 16.0. The molecule has 0 unspecified atom stereocenters. The van der Waals surface area contributed by atoms with E-state index < -0.39 is 35.3 Å². The fourth-order valence-electron chi connectivity index (χ4n) is 2.76. The molecular formula is C21H19F2NO5. The van der Waals surface area contributed by atoms with E-state index in [9.17, 15) is 18.4 Å². The van der Waals surface area contributed by atoms with E-state index in [1.807, 2.05) is 6.92 Å². The van der Waals surface area contributed by atoms with Crippen LogP contribution in [-0.4, -0.2) is 24.6 Å². The molecule has 0 aliphatic rings. The minimum absolute atomic E-state index is 0.0645. The second-order valence-corrected chi connectivity index (χ2v) is 6.28. The van der Waals surface area contributed by atoms with E-state index >= 15 is 0 Å². The molecule has 0 radical (unpaired) electrons. The van der Waals surface area contributed by atoms with E-state index in [-0.39, 0.29) is 5.76 Å². The summed E-state index contributed by atoms with van der Waals surface area (Å²) < 4.78 is 43.5. The van der Waals surface area contributed by atoms with Crippen LogP contribution in [0.2, 0.25) is 0 Å². The number of carbonyl (C=O) groups is 2. The molecule has 1 atom stereocenters. The Morgan fingerprint density at radius 2 is 1.86 bits per heavy atom. The number of ether oxygens (including phenoxy) is 2. The van der Waals surface area contributed by atoms with Gasteiger partial charge in [-0.2, -0.15) is 0 Å². The lowest BCUT2D eigenvalue weighted by Crippen LogP contribution is -2.30. The maximum Gasteiger partial charge on any atom is 0.375 e. The van der Waals surface area contributed by atoms with Gasteiger partial charge in [0.15, 0.2) is 6.10 Å². The predicted octanol–water partition coefficient (Wildman–Crippen LogP) is 4.60. The zero-order valence-electron chi connectivity index (χ0n) is 16.0. The SMILES string of the molecule is CCOc1ccc2oc(C(=O)O[C@H](C)C(=O)Nc3c(F)cccc3F)c(C)c2c1. The molecule has 0 aliphatic heterocycles. The van der Waals surface area contributed by atoms with Gasteiger partial charge in [-0.05, 0) is 51.1 Å². The summed E-state index contributed by atoms with van der Waals surface area (Å²) in [5.41, 5.74) is 0.381. The summed E-state index contributed by atoms with van der Waals surface area (Å²) in [4.78, 5) is 24.7. The number of benzene rings is 2. The predicted molar refractivity (Wildman–Crippen MR) is 102 cm³/mol. The Labute approximate surface area is 165 Å². The number of para-hydroxylation sites is 1. The van der Waals surface area contributed by atoms with Crippen LogP contribution in [-0.2, 0) is 9.53 Å². The van der Waals surface area contributed by atoms with Gasteiger partial charge in [-0.3, -0.25) is 4.79 Å². The summed E-state index contributed by atoms with van der Waals surface area (Å²) in [6.07, 6.45) is -1.31. The van der Waals surface area contributed by atoms with E-state index in [2.05, 4.69) is 5.32 Å². The molecule has 2 aromatic carbocycles. The normalized spacial score (nSPS) is 11.9. The molecule has 1 aromatic heterocycles. The fourth-order valence-corrected chi connectivity index (χ4v) is 2.76. The monoisotopic (exact) mass is 403 g/mol. The molecule has 0 bridgehead atoms. The second-order valence-electron chi connectivity index (χ2n) is 6.28. The zero-order chi connectivity index (χ0) is 21.1. The highest BCUT2D eigenvalue weighted by molar-refractivity contribution is 5.99. The summed E-state index contributed by atoms with van der Waals surface area (Å²) in [5.74, 6) is -3.05. The number of halogens is 2. The van der Waals surface area contributed by atoms with Crippen molar-refractivity contribution in [3.05, 3.63) is 59.4 Å². The molecule has 8 heteroatoms. The van der Waals surface area contributed by atoms with Crippen molar-refractivity contribution in [2.75, 3.05) is 11.9 Å². The standard InChI is InChI=1S/C21H19F2NO5/c1-4-27-13-8-9-17-14(10-13)11(2)19(29-17)21(26)28-12(3)20(25)24-18-15(22)6-5-7-16(18)23/h5-10,12H,4H2,1-3H3,(H,24,25)/t12-/m1/s1. The van der Waals surface area contributed by atoms with Crippen LogP contribution in [0, 0.1) is 18.6 Å². The lowest BCUT2D eigenvalue weighted by Gasteiger charge is -2.13. The quantitative estimate of drug-likeness (QED) is 0.609. The largest absolute Gasteiger partial charge is 0.494 e. The average Bonchev–Trinajstić information content (AvgIpc) is 3.01. The summed E-state index contributed by atoms with van der Waals surface area (Å²) in [6.45, 7) is 5.32. The van der Waals surface area contributed by atoms with Crippen LogP contribution >= 0.6 is 0 Å². The minimum Gasteiger partial charge on any atom is -0.494 e. The smallest absolute Gasteiger partial charge is 0.375 e. The van der Waals surface area contributed by atoms with E-state index in [4.69, 9.17) is 13.9 Å². The first-order valence-corrected chi connectivity index (χ1v) is 8.93. The Kier molecular flexibility index (Phi) is 5.81. The van der Waals surface area contributed by atoms with Gasteiger partial charge in [0.2, 0.25) is 5.76 Å². The topological polar surface area (TPSA) is 77.8 Å². The summed E-state index contributed by atoms with van der Waals surface area (Å²) >= 11 is 0. The van der Waals surface area contributed by atoms with Crippen LogP contribution in [0.1, 0.15) is 30.0 Å². The lowest BCUT2D eigenvalue weighted by atomic mass is 10.1. The van der Waals surface area contributed by atoms with Gasteiger partial charge in [0, 0.05) is 10.9 Å². The van der Waals surface area contributed by atoms with Gasteiger partial charge < -0.3 is 19.2 Å². The number of hydrogen-bond donors (Lipinski definition) is 1. The molecule has 3 aromatic rings. The molecule has 6 nitrogen and oxygen atoms in total. The van der Waals surface area contributed by atoms with E-state index in [1.54, 1.807) is 25.1 Å². The van der Waals surface area contributed by atoms with Crippen molar-refractivity contribution >= 4 is 28.5 Å². The summed E-state index contributed by atoms with van der Waals surface area (Å²) in [5, 5.41) is 2.76. The number of nitrogens with one attached hydrogen (secondary N) is 1. The first kappa shape index (κ1) is 20.3. The van der Waals surface area contributed by atoms with Crippen LogP contribution in [0.15, 0.2) is 40.8 Å². The van der Waals surface area contributed by atoms with Crippen LogP contribution in [0.4, 0.5) is 14.5 Å². The van der Waals surface area contributed by atoms with Crippen LogP contribution in [0.3, 0.4) is 0 Å². The van der Waals surface area contributed by atoms with Gasteiger partial charge >= 0.3 is 5.97 Å². The third-order valence-corrected chi connectivity index (χ3v) is 4.27. The van der Waals surface area contributed by atoms with Gasteiger partial charge in [0.05, 0.1) is 6.61 Å². The Balaban J connectivity index is 1.75. The number of rotatable bonds is 6. The third-order valence-electron chi connectivity index (χ3n) is 4.27. The Morgan fingerprint density at radius 1 is 1.17 bits per heavy atom. The number of aryl methyl sites for hydroxylation is 1. The molecular weight excluding hydrogens is 384 g/mol. The molecule has 1 heterocycles. The molecule has 29 heavy (non-hydrogen) atoms. The van der Waals surface area contributed by atoms with Crippen molar-refractivity contribution < 1.29 is 32.3 Å². The number of furan rings is 1. The van der Waals surface area contributed by atoms with Gasteiger partial charge in [-0.15, -0.1) is 0 Å². The van der Waals surface area contributed by atoms with Gasteiger partial charge in [0.25, 0.3) is 5.91 Å². The van der Waals surface area contributed by atoms with Crippen molar-refractivity contribution in [3.8, 4) is 5.75 Å². The first-order valence-electron chi connectivity index (χ1n) is 8.93. The number of esters is 1. The molecule has 0 spiro atoms. The maximum atomic E-state index is 13.7. The Hall–Kier alpha value is -3.42.